The second-order valence-electron chi connectivity index (χ2n) is 6.81. The molecule has 0 atom stereocenters. The van der Waals surface area contributed by atoms with Gasteiger partial charge < -0.3 is 14.6 Å². The number of sulfonamides is 1. The molecule has 0 radical (unpaired) electrons. The number of aryl methyl sites for hydroxylation is 2. The fourth-order valence-corrected chi connectivity index (χ4v) is 3.37. The van der Waals surface area contributed by atoms with E-state index in [0.29, 0.717) is 36.6 Å². The summed E-state index contributed by atoms with van der Waals surface area (Å²) >= 11 is 0. The predicted molar refractivity (Wildman–Crippen MR) is 111 cm³/mol. The van der Waals surface area contributed by atoms with E-state index in [4.69, 9.17) is 14.4 Å². The van der Waals surface area contributed by atoms with Gasteiger partial charge in [0.15, 0.2) is 0 Å². The number of nitrogens with one attached hydrogen (secondary N) is 1. The van der Waals surface area contributed by atoms with Gasteiger partial charge in [0, 0.05) is 12.1 Å². The highest BCUT2D eigenvalue weighted by Gasteiger charge is 2.11. The molecule has 3 aromatic rings. The fraction of sp³-hybridized carbons (Fsp3) is 0.238. The maximum atomic E-state index is 12.4. The van der Waals surface area contributed by atoms with Crippen LogP contribution < -0.4 is 15.2 Å². The van der Waals surface area contributed by atoms with E-state index >= 15 is 0 Å². The molecule has 158 valence electrons. The molecular formula is C21H23N3O5S. The lowest BCUT2D eigenvalue weighted by atomic mass is 10.1. The molecule has 0 aliphatic rings. The number of hydrogen-bond donors (Lipinski definition) is 2. The van der Waals surface area contributed by atoms with Gasteiger partial charge in [-0.05, 0) is 56.2 Å². The van der Waals surface area contributed by atoms with Gasteiger partial charge in [0.1, 0.15) is 18.1 Å². The van der Waals surface area contributed by atoms with Crippen molar-refractivity contribution in [3.8, 4) is 5.75 Å². The number of nitrogens with two attached hydrogens (primary N) is 1. The summed E-state index contributed by atoms with van der Waals surface area (Å²) in [5.41, 5.74) is 3.03. The number of carbonyl (C=O) groups is 1. The molecule has 1 aromatic heterocycles. The minimum Gasteiger partial charge on any atom is -0.489 e. The monoisotopic (exact) mass is 429 g/mol. The quantitative estimate of drug-likeness (QED) is 0.567. The maximum absolute atomic E-state index is 12.4. The van der Waals surface area contributed by atoms with Crippen molar-refractivity contribution in [1.29, 1.82) is 0 Å². The Kier molecular flexibility index (Phi) is 6.53. The number of aromatic nitrogens is 1. The van der Waals surface area contributed by atoms with Gasteiger partial charge in [0.2, 0.25) is 10.0 Å². The molecule has 9 heteroatoms. The van der Waals surface area contributed by atoms with Crippen molar-refractivity contribution in [3.63, 3.8) is 0 Å². The molecule has 8 nitrogen and oxygen atoms in total. The van der Waals surface area contributed by atoms with Crippen LogP contribution in [0, 0.1) is 13.8 Å². The van der Waals surface area contributed by atoms with E-state index in [1.165, 1.54) is 12.1 Å². The maximum Gasteiger partial charge on any atom is 0.251 e. The van der Waals surface area contributed by atoms with Crippen LogP contribution in [-0.2, 0) is 23.1 Å². The molecule has 3 N–H and O–H groups in total. The molecule has 1 amide bonds. The molecule has 3 rings (SSSR count). The first-order valence-corrected chi connectivity index (χ1v) is 10.8. The third-order valence-electron chi connectivity index (χ3n) is 4.61. The first kappa shape index (κ1) is 21.5. The van der Waals surface area contributed by atoms with Gasteiger partial charge in [-0.3, -0.25) is 4.79 Å². The molecule has 0 aliphatic carbocycles. The summed E-state index contributed by atoms with van der Waals surface area (Å²) in [4.78, 5) is 12.5. The van der Waals surface area contributed by atoms with Crippen molar-refractivity contribution < 1.29 is 22.5 Å². The third kappa shape index (κ3) is 5.46. The van der Waals surface area contributed by atoms with E-state index in [2.05, 4.69) is 10.5 Å². The molecule has 30 heavy (non-hydrogen) atoms. The summed E-state index contributed by atoms with van der Waals surface area (Å²) in [7, 11) is -3.71. The minimum atomic E-state index is -3.71. The summed E-state index contributed by atoms with van der Waals surface area (Å²) in [5, 5.41) is 11.8. The number of nitrogens with zero attached hydrogens (tertiary/aromatic N) is 1. The zero-order valence-corrected chi connectivity index (χ0v) is 17.5. The van der Waals surface area contributed by atoms with Gasteiger partial charge in [-0.2, -0.15) is 0 Å². The molecule has 1 heterocycles. The molecule has 0 saturated carbocycles. The highest BCUT2D eigenvalue weighted by atomic mass is 32.2. The Bertz CT molecular complexity index is 1120. The average Bonchev–Trinajstić information content (AvgIpc) is 3.04. The first-order chi connectivity index (χ1) is 14.2. The Morgan fingerprint density at radius 3 is 2.53 bits per heavy atom. The van der Waals surface area contributed by atoms with Crippen LogP contribution in [0.1, 0.15) is 32.9 Å². The second kappa shape index (κ2) is 9.10. The lowest BCUT2D eigenvalue weighted by Crippen LogP contribution is -2.25. The SMILES string of the molecule is Cc1noc(C)c1COc1cccc(C(=O)NCCc2ccc(S(N)(=O)=O)cc2)c1. The summed E-state index contributed by atoms with van der Waals surface area (Å²) in [6.45, 7) is 4.38. The summed E-state index contributed by atoms with van der Waals surface area (Å²) < 4.78 is 33.5. The molecule has 0 fully saturated rings. The highest BCUT2D eigenvalue weighted by molar-refractivity contribution is 7.89. The Hall–Kier alpha value is -3.17. The van der Waals surface area contributed by atoms with Crippen LogP contribution >= 0.6 is 0 Å². The molecule has 0 unspecified atom stereocenters. The largest absolute Gasteiger partial charge is 0.489 e. The normalized spacial score (nSPS) is 11.3. The number of primary sulfonamides is 1. The summed E-state index contributed by atoms with van der Waals surface area (Å²) in [5.74, 6) is 1.05. The van der Waals surface area contributed by atoms with Crippen molar-refractivity contribution in [2.45, 2.75) is 31.8 Å². The molecule has 0 bridgehead atoms. The van der Waals surface area contributed by atoms with Crippen molar-refractivity contribution >= 4 is 15.9 Å². The van der Waals surface area contributed by atoms with Crippen LogP contribution in [0.3, 0.4) is 0 Å². The van der Waals surface area contributed by atoms with E-state index in [9.17, 15) is 13.2 Å². The van der Waals surface area contributed by atoms with E-state index in [1.807, 2.05) is 13.8 Å². The van der Waals surface area contributed by atoms with Crippen molar-refractivity contribution in [3.05, 3.63) is 76.7 Å². The number of hydrogen-bond acceptors (Lipinski definition) is 6. The van der Waals surface area contributed by atoms with Gasteiger partial charge >= 0.3 is 0 Å². The van der Waals surface area contributed by atoms with Crippen LogP contribution in [0.4, 0.5) is 0 Å². The summed E-state index contributed by atoms with van der Waals surface area (Å²) in [6.07, 6.45) is 0.554. The third-order valence-corrected chi connectivity index (χ3v) is 5.54. The van der Waals surface area contributed by atoms with Gasteiger partial charge in [-0.1, -0.05) is 23.4 Å². The van der Waals surface area contributed by atoms with Crippen molar-refractivity contribution in [2.75, 3.05) is 6.54 Å². The van der Waals surface area contributed by atoms with Crippen LogP contribution in [0.2, 0.25) is 0 Å². The first-order valence-electron chi connectivity index (χ1n) is 9.28. The number of carbonyl (C=O) groups excluding carboxylic acids is 1. The van der Waals surface area contributed by atoms with Gasteiger partial charge in [0.25, 0.3) is 5.91 Å². The zero-order chi connectivity index (χ0) is 21.7. The highest BCUT2D eigenvalue weighted by Crippen LogP contribution is 2.18. The molecule has 0 aliphatic heterocycles. The second-order valence-corrected chi connectivity index (χ2v) is 8.38. The van der Waals surface area contributed by atoms with Crippen LogP contribution in [-0.4, -0.2) is 26.0 Å². The number of benzene rings is 2. The molecular weight excluding hydrogens is 406 g/mol. The van der Waals surface area contributed by atoms with Crippen LogP contribution in [0.5, 0.6) is 5.75 Å². The number of rotatable bonds is 8. The lowest BCUT2D eigenvalue weighted by Gasteiger charge is -2.09. The molecule has 0 saturated heterocycles. The predicted octanol–water partition coefficient (Wildman–Crippen LogP) is 2.49. The Labute approximate surface area is 175 Å². The summed E-state index contributed by atoms with van der Waals surface area (Å²) in [6, 6.07) is 13.2. The number of amides is 1. The average molecular weight is 429 g/mol. The van der Waals surface area contributed by atoms with Gasteiger partial charge in [-0.25, -0.2) is 13.6 Å². The van der Waals surface area contributed by atoms with E-state index < -0.39 is 10.0 Å². The van der Waals surface area contributed by atoms with Crippen molar-refractivity contribution in [2.24, 2.45) is 5.14 Å². The standard InChI is InChI=1S/C21H23N3O5S/c1-14-20(15(2)29-24-14)13-28-18-5-3-4-17(12-18)21(25)23-11-10-16-6-8-19(9-7-16)30(22,26)27/h3-9,12H,10-11,13H2,1-2H3,(H,23,25)(H2,22,26,27). The molecule has 2 aromatic carbocycles. The smallest absolute Gasteiger partial charge is 0.251 e. The van der Waals surface area contributed by atoms with E-state index in [1.54, 1.807) is 36.4 Å². The van der Waals surface area contributed by atoms with E-state index in [0.717, 1.165) is 16.8 Å². The molecule has 0 spiro atoms. The Morgan fingerprint density at radius 1 is 1.17 bits per heavy atom. The Morgan fingerprint density at radius 2 is 1.90 bits per heavy atom. The van der Waals surface area contributed by atoms with Gasteiger partial charge in [-0.15, -0.1) is 0 Å². The van der Waals surface area contributed by atoms with Crippen LogP contribution in [0.25, 0.3) is 0 Å². The Balaban J connectivity index is 1.53. The zero-order valence-electron chi connectivity index (χ0n) is 16.7. The van der Waals surface area contributed by atoms with Crippen LogP contribution in [0.15, 0.2) is 57.9 Å². The van der Waals surface area contributed by atoms with Gasteiger partial charge in [0.05, 0.1) is 16.2 Å². The minimum absolute atomic E-state index is 0.0590. The lowest BCUT2D eigenvalue weighted by molar-refractivity contribution is 0.0953. The number of ether oxygens (including phenoxy) is 1. The fourth-order valence-electron chi connectivity index (χ4n) is 2.86. The van der Waals surface area contributed by atoms with Crippen molar-refractivity contribution in [1.82, 2.24) is 10.5 Å². The topological polar surface area (TPSA) is 125 Å². The van der Waals surface area contributed by atoms with E-state index in [-0.39, 0.29) is 10.8 Å².